The molecule has 0 bridgehead atoms. The Morgan fingerprint density at radius 2 is 2.33 bits per heavy atom. The Kier molecular flexibility index (Phi) is 4.41. The number of para-hydroxylation sites is 1. The molecule has 0 amide bonds. The van der Waals surface area contributed by atoms with Gasteiger partial charge in [0.2, 0.25) is 0 Å². The van der Waals surface area contributed by atoms with Gasteiger partial charge in [0, 0.05) is 32.4 Å². The largest absolute Gasteiger partial charge is 0.378 e. The Morgan fingerprint density at radius 1 is 1.48 bits per heavy atom. The van der Waals surface area contributed by atoms with E-state index in [0.29, 0.717) is 30.5 Å². The maximum Gasteiger partial charge on any atom is 0.111 e. The second-order valence-electron chi connectivity index (χ2n) is 5.35. The van der Waals surface area contributed by atoms with Gasteiger partial charge in [0.15, 0.2) is 0 Å². The van der Waals surface area contributed by atoms with E-state index in [9.17, 15) is 0 Å². The van der Waals surface area contributed by atoms with Crippen LogP contribution in [0.5, 0.6) is 0 Å². The summed E-state index contributed by atoms with van der Waals surface area (Å²) in [7, 11) is 1.73. The zero-order chi connectivity index (χ0) is 14.9. The number of alkyl halides is 1. The molecule has 3 rings (SSSR count). The van der Waals surface area contributed by atoms with Gasteiger partial charge >= 0.3 is 0 Å². The summed E-state index contributed by atoms with van der Waals surface area (Å²) in [6.45, 7) is 1.99. The van der Waals surface area contributed by atoms with E-state index in [2.05, 4.69) is 9.55 Å². The van der Waals surface area contributed by atoms with E-state index in [4.69, 9.17) is 32.7 Å². The molecular formula is C15H18Cl2N2O2. The van der Waals surface area contributed by atoms with E-state index < -0.39 is 0 Å². The Balaban J connectivity index is 2.08. The summed E-state index contributed by atoms with van der Waals surface area (Å²) in [6, 6.07) is 5.77. The molecule has 1 aliphatic heterocycles. The summed E-state index contributed by atoms with van der Waals surface area (Å²) in [5, 5.41) is 0.700. The van der Waals surface area contributed by atoms with Gasteiger partial charge in [-0.3, -0.25) is 0 Å². The summed E-state index contributed by atoms with van der Waals surface area (Å²) in [6.07, 6.45) is 1.57. The maximum atomic E-state index is 6.38. The predicted octanol–water partition coefficient (Wildman–Crippen LogP) is 3.28. The van der Waals surface area contributed by atoms with Crippen LogP contribution in [0.25, 0.3) is 11.0 Å². The fourth-order valence-electron chi connectivity index (χ4n) is 2.86. The first-order valence-corrected chi connectivity index (χ1v) is 7.93. The second kappa shape index (κ2) is 6.13. The van der Waals surface area contributed by atoms with Crippen LogP contribution >= 0.6 is 23.2 Å². The fourth-order valence-corrected chi connectivity index (χ4v) is 3.30. The number of hydrogen-bond acceptors (Lipinski definition) is 3. The predicted molar refractivity (Wildman–Crippen MR) is 84.3 cm³/mol. The number of hydrogen-bond donors (Lipinski definition) is 0. The van der Waals surface area contributed by atoms with Crippen molar-refractivity contribution in [3.8, 4) is 0 Å². The van der Waals surface area contributed by atoms with Crippen molar-refractivity contribution in [1.82, 2.24) is 9.55 Å². The number of fused-ring (bicyclic) bond motifs is 1. The van der Waals surface area contributed by atoms with Crippen molar-refractivity contribution in [2.24, 2.45) is 0 Å². The van der Waals surface area contributed by atoms with Gasteiger partial charge in [-0.1, -0.05) is 17.7 Å². The number of halogens is 2. The van der Waals surface area contributed by atoms with Gasteiger partial charge in [-0.15, -0.1) is 11.6 Å². The molecule has 1 saturated heterocycles. The van der Waals surface area contributed by atoms with Crippen LogP contribution in [0.4, 0.5) is 0 Å². The zero-order valence-electron chi connectivity index (χ0n) is 11.9. The normalized spacial score (nSPS) is 22.2. The first kappa shape index (κ1) is 15.1. The minimum atomic E-state index is -0.312. The molecule has 1 atom stereocenters. The Bertz CT molecular complexity index is 636. The van der Waals surface area contributed by atoms with Crippen LogP contribution in [0.1, 0.15) is 12.2 Å². The van der Waals surface area contributed by atoms with Crippen LogP contribution in [0.3, 0.4) is 0 Å². The van der Waals surface area contributed by atoms with Crippen molar-refractivity contribution in [2.45, 2.75) is 25.0 Å². The molecule has 21 heavy (non-hydrogen) atoms. The van der Waals surface area contributed by atoms with E-state index in [-0.39, 0.29) is 5.60 Å². The number of methoxy groups -OCH3 is 1. The van der Waals surface area contributed by atoms with Crippen molar-refractivity contribution >= 4 is 34.2 Å². The molecule has 1 fully saturated rings. The average Bonchev–Trinajstić information content (AvgIpc) is 3.07. The number of imidazole rings is 1. The standard InChI is InChI=1S/C15H18Cl2N2O2/c1-20-15(6-8-21-10-15)9-19-13(5-7-16)18-12-4-2-3-11(17)14(12)19/h2-4H,5-10H2,1H3. The lowest BCUT2D eigenvalue weighted by molar-refractivity contribution is -0.0292. The van der Waals surface area contributed by atoms with Gasteiger partial charge in [-0.25, -0.2) is 4.98 Å². The second-order valence-corrected chi connectivity index (χ2v) is 6.14. The van der Waals surface area contributed by atoms with Crippen LogP contribution in [0.15, 0.2) is 18.2 Å². The van der Waals surface area contributed by atoms with Crippen LogP contribution in [-0.2, 0) is 22.4 Å². The Morgan fingerprint density at radius 3 is 3.00 bits per heavy atom. The summed E-state index contributed by atoms with van der Waals surface area (Å²) in [5.41, 5.74) is 1.53. The van der Waals surface area contributed by atoms with E-state index >= 15 is 0 Å². The first-order valence-electron chi connectivity index (χ1n) is 7.01. The average molecular weight is 329 g/mol. The van der Waals surface area contributed by atoms with E-state index in [1.807, 2.05) is 18.2 Å². The minimum Gasteiger partial charge on any atom is -0.378 e. The SMILES string of the molecule is COC1(Cn2c(CCCl)nc3cccc(Cl)c32)CCOC1. The molecule has 1 aliphatic rings. The van der Waals surface area contributed by atoms with Crippen molar-refractivity contribution in [3.05, 3.63) is 29.0 Å². The number of aryl methyl sites for hydroxylation is 1. The molecule has 0 N–H and O–H groups in total. The number of benzene rings is 1. The third-order valence-electron chi connectivity index (χ3n) is 4.06. The Labute approximate surface area is 133 Å². The Hall–Kier alpha value is -0.810. The van der Waals surface area contributed by atoms with Crippen LogP contribution < -0.4 is 0 Å². The topological polar surface area (TPSA) is 36.3 Å². The minimum absolute atomic E-state index is 0.312. The van der Waals surface area contributed by atoms with Crippen molar-refractivity contribution in [2.75, 3.05) is 26.2 Å². The molecule has 2 heterocycles. The molecule has 2 aromatic rings. The highest BCUT2D eigenvalue weighted by molar-refractivity contribution is 6.35. The van der Waals surface area contributed by atoms with Gasteiger partial charge in [0.25, 0.3) is 0 Å². The molecule has 0 spiro atoms. The van der Waals surface area contributed by atoms with Gasteiger partial charge in [-0.05, 0) is 12.1 Å². The molecule has 6 heteroatoms. The number of ether oxygens (including phenoxy) is 2. The fraction of sp³-hybridized carbons (Fsp3) is 0.533. The summed E-state index contributed by atoms with van der Waals surface area (Å²) >= 11 is 12.3. The highest BCUT2D eigenvalue weighted by Crippen LogP contribution is 2.30. The van der Waals surface area contributed by atoms with Crippen LogP contribution in [0.2, 0.25) is 5.02 Å². The molecule has 0 radical (unpaired) electrons. The molecule has 0 aliphatic carbocycles. The van der Waals surface area contributed by atoms with E-state index in [0.717, 1.165) is 29.9 Å². The van der Waals surface area contributed by atoms with Crippen molar-refractivity contribution in [3.63, 3.8) is 0 Å². The lowest BCUT2D eigenvalue weighted by Gasteiger charge is -2.27. The van der Waals surface area contributed by atoms with E-state index in [1.165, 1.54) is 0 Å². The smallest absolute Gasteiger partial charge is 0.111 e. The van der Waals surface area contributed by atoms with Gasteiger partial charge in [-0.2, -0.15) is 0 Å². The third kappa shape index (κ3) is 2.78. The summed E-state index contributed by atoms with van der Waals surface area (Å²) in [5.74, 6) is 1.47. The monoisotopic (exact) mass is 328 g/mol. The van der Waals surface area contributed by atoms with Crippen LogP contribution in [-0.4, -0.2) is 41.4 Å². The third-order valence-corrected chi connectivity index (χ3v) is 4.55. The lowest BCUT2D eigenvalue weighted by atomic mass is 10.0. The molecule has 1 aromatic carbocycles. The molecule has 1 aromatic heterocycles. The van der Waals surface area contributed by atoms with Gasteiger partial charge in [0.1, 0.15) is 11.4 Å². The van der Waals surface area contributed by atoms with Gasteiger partial charge in [0.05, 0.1) is 29.2 Å². The molecule has 4 nitrogen and oxygen atoms in total. The maximum absolute atomic E-state index is 6.38. The number of aromatic nitrogens is 2. The molecular weight excluding hydrogens is 311 g/mol. The molecule has 0 saturated carbocycles. The van der Waals surface area contributed by atoms with E-state index in [1.54, 1.807) is 7.11 Å². The van der Waals surface area contributed by atoms with Gasteiger partial charge < -0.3 is 14.0 Å². The highest BCUT2D eigenvalue weighted by atomic mass is 35.5. The first-order chi connectivity index (χ1) is 10.2. The van der Waals surface area contributed by atoms with Crippen molar-refractivity contribution < 1.29 is 9.47 Å². The van der Waals surface area contributed by atoms with Crippen LogP contribution in [0, 0.1) is 0 Å². The highest BCUT2D eigenvalue weighted by Gasteiger charge is 2.36. The number of rotatable bonds is 5. The lowest BCUT2D eigenvalue weighted by Crippen LogP contribution is -2.37. The molecule has 1 unspecified atom stereocenters. The zero-order valence-corrected chi connectivity index (χ0v) is 13.5. The van der Waals surface area contributed by atoms with Crippen molar-refractivity contribution in [1.29, 1.82) is 0 Å². The summed E-state index contributed by atoms with van der Waals surface area (Å²) < 4.78 is 13.4. The number of nitrogens with zero attached hydrogens (tertiary/aromatic N) is 2. The quantitative estimate of drug-likeness (QED) is 0.790. The molecule has 114 valence electrons. The summed E-state index contributed by atoms with van der Waals surface area (Å²) in [4.78, 5) is 4.67.